The molecule has 2 N–H and O–H groups in total. The van der Waals surface area contributed by atoms with E-state index in [-0.39, 0.29) is 16.9 Å². The Bertz CT molecular complexity index is 572. The third kappa shape index (κ3) is 2.14. The van der Waals surface area contributed by atoms with Crippen LogP contribution >= 0.6 is 0 Å². The summed E-state index contributed by atoms with van der Waals surface area (Å²) in [7, 11) is 0. The van der Waals surface area contributed by atoms with E-state index in [1.54, 1.807) is 0 Å². The van der Waals surface area contributed by atoms with Crippen molar-refractivity contribution in [2.24, 2.45) is 22.7 Å². The average Bonchev–Trinajstić information content (AvgIpc) is 2.83. The highest BCUT2D eigenvalue weighted by atomic mass is 16.3. The number of allylic oxidation sites excluding steroid dienone is 1. The van der Waals surface area contributed by atoms with Crippen molar-refractivity contribution in [3.8, 4) is 0 Å². The van der Waals surface area contributed by atoms with Crippen LogP contribution in [0.1, 0.15) is 72.1 Å². The lowest BCUT2D eigenvalue weighted by molar-refractivity contribution is -0.0816. The third-order valence-electron chi connectivity index (χ3n) is 8.08. The van der Waals surface area contributed by atoms with E-state index < -0.39 is 5.60 Å². The molecular formula is C21H32O2. The second-order valence-electron chi connectivity index (χ2n) is 9.50. The number of rotatable bonds is 0. The largest absolute Gasteiger partial charge is 0.393 e. The molecule has 2 heteroatoms. The summed E-state index contributed by atoms with van der Waals surface area (Å²) in [6, 6.07) is 0. The van der Waals surface area contributed by atoms with E-state index in [1.165, 1.54) is 24.0 Å². The number of hydrogen-bond donors (Lipinski definition) is 2. The SMILES string of the molecule is CC1(C)C=C2C=C3CC(O)CCC3CC[C@]2(O)C2CCCC21C. The van der Waals surface area contributed by atoms with Crippen molar-refractivity contribution < 1.29 is 10.2 Å². The van der Waals surface area contributed by atoms with Crippen LogP contribution < -0.4 is 0 Å². The molecule has 0 saturated heterocycles. The van der Waals surface area contributed by atoms with Gasteiger partial charge in [0.15, 0.2) is 0 Å². The standard InChI is InChI=1S/C21H32O2/c1-19(2)13-16-11-15-12-17(22)7-6-14(15)8-10-21(16,23)18-5-4-9-20(18,19)3/h11,13-14,17-18,22-23H,4-10,12H2,1-3H3/t14?,17?,18?,20?,21-/m1/s1. The number of aliphatic hydroxyl groups is 2. The van der Waals surface area contributed by atoms with Gasteiger partial charge in [0.2, 0.25) is 0 Å². The van der Waals surface area contributed by atoms with Gasteiger partial charge in [-0.2, -0.15) is 0 Å². The van der Waals surface area contributed by atoms with Gasteiger partial charge in [0.25, 0.3) is 0 Å². The van der Waals surface area contributed by atoms with E-state index >= 15 is 0 Å². The Morgan fingerprint density at radius 2 is 1.83 bits per heavy atom. The van der Waals surface area contributed by atoms with Gasteiger partial charge in [0.1, 0.15) is 0 Å². The van der Waals surface area contributed by atoms with Crippen LogP contribution in [0.2, 0.25) is 0 Å². The quantitative estimate of drug-likeness (QED) is 0.696. The third-order valence-corrected chi connectivity index (χ3v) is 8.08. The summed E-state index contributed by atoms with van der Waals surface area (Å²) in [5.74, 6) is 0.955. The number of hydrogen-bond acceptors (Lipinski definition) is 2. The van der Waals surface area contributed by atoms with Gasteiger partial charge in [0.05, 0.1) is 11.7 Å². The molecule has 4 rings (SSSR count). The van der Waals surface area contributed by atoms with Crippen molar-refractivity contribution in [1.29, 1.82) is 0 Å². The zero-order valence-corrected chi connectivity index (χ0v) is 14.9. The zero-order chi connectivity index (χ0) is 16.5. The minimum atomic E-state index is -0.643. The van der Waals surface area contributed by atoms with E-state index in [9.17, 15) is 10.2 Å². The summed E-state index contributed by atoms with van der Waals surface area (Å²) in [5, 5.41) is 21.8. The first-order valence-electron chi connectivity index (χ1n) is 9.60. The van der Waals surface area contributed by atoms with Crippen LogP contribution in [-0.2, 0) is 0 Å². The monoisotopic (exact) mass is 316 g/mol. The molecule has 0 heterocycles. The molecule has 0 spiro atoms. The fourth-order valence-electron chi connectivity index (χ4n) is 6.29. The Morgan fingerprint density at radius 1 is 1.04 bits per heavy atom. The topological polar surface area (TPSA) is 40.5 Å². The van der Waals surface area contributed by atoms with Crippen molar-refractivity contribution in [3.05, 3.63) is 23.3 Å². The van der Waals surface area contributed by atoms with Gasteiger partial charge in [-0.25, -0.2) is 0 Å². The number of aliphatic hydroxyl groups excluding tert-OH is 1. The Labute approximate surface area is 140 Å². The second-order valence-corrected chi connectivity index (χ2v) is 9.50. The Hall–Kier alpha value is -0.600. The lowest BCUT2D eigenvalue weighted by atomic mass is 9.51. The van der Waals surface area contributed by atoms with Gasteiger partial charge in [-0.3, -0.25) is 0 Å². The van der Waals surface area contributed by atoms with Crippen molar-refractivity contribution in [1.82, 2.24) is 0 Å². The Balaban J connectivity index is 1.82. The highest BCUT2D eigenvalue weighted by molar-refractivity contribution is 5.42. The van der Waals surface area contributed by atoms with Crippen LogP contribution in [0.25, 0.3) is 0 Å². The van der Waals surface area contributed by atoms with E-state index in [0.29, 0.717) is 11.8 Å². The maximum atomic E-state index is 11.8. The summed E-state index contributed by atoms with van der Waals surface area (Å²) >= 11 is 0. The molecule has 2 nitrogen and oxygen atoms in total. The molecule has 2 fully saturated rings. The maximum absolute atomic E-state index is 11.8. The number of fused-ring (bicyclic) bond motifs is 4. The van der Waals surface area contributed by atoms with Gasteiger partial charge in [-0.15, -0.1) is 0 Å². The van der Waals surface area contributed by atoms with Gasteiger partial charge < -0.3 is 10.2 Å². The van der Waals surface area contributed by atoms with Crippen molar-refractivity contribution >= 4 is 0 Å². The molecule has 0 aromatic carbocycles. The minimum Gasteiger partial charge on any atom is -0.393 e. The first-order chi connectivity index (χ1) is 10.8. The molecule has 2 saturated carbocycles. The second kappa shape index (κ2) is 4.95. The molecule has 5 atom stereocenters. The van der Waals surface area contributed by atoms with Crippen LogP contribution in [0.3, 0.4) is 0 Å². The Morgan fingerprint density at radius 3 is 2.61 bits per heavy atom. The molecule has 23 heavy (non-hydrogen) atoms. The molecule has 0 amide bonds. The molecule has 0 radical (unpaired) electrons. The summed E-state index contributed by atoms with van der Waals surface area (Å²) in [5.41, 5.74) is 2.25. The highest BCUT2D eigenvalue weighted by Gasteiger charge is 2.60. The van der Waals surface area contributed by atoms with Gasteiger partial charge in [-0.1, -0.05) is 44.9 Å². The van der Waals surface area contributed by atoms with E-state index in [2.05, 4.69) is 32.9 Å². The fraction of sp³-hybridized carbons (Fsp3) is 0.810. The molecule has 0 aromatic heterocycles. The lowest BCUT2D eigenvalue weighted by Gasteiger charge is -2.55. The summed E-state index contributed by atoms with van der Waals surface area (Å²) in [4.78, 5) is 0. The minimum absolute atomic E-state index is 0.125. The molecule has 0 aromatic rings. The first-order valence-corrected chi connectivity index (χ1v) is 9.60. The van der Waals surface area contributed by atoms with Crippen LogP contribution in [-0.4, -0.2) is 21.9 Å². The molecule has 0 bridgehead atoms. The van der Waals surface area contributed by atoms with Gasteiger partial charge in [0, 0.05) is 0 Å². The van der Waals surface area contributed by atoms with Crippen LogP contribution in [0.5, 0.6) is 0 Å². The average molecular weight is 316 g/mol. The summed E-state index contributed by atoms with van der Waals surface area (Å²) < 4.78 is 0. The van der Waals surface area contributed by atoms with Crippen molar-refractivity contribution in [2.45, 2.75) is 83.8 Å². The molecule has 128 valence electrons. The maximum Gasteiger partial charge on any atom is 0.0927 e. The lowest BCUT2D eigenvalue weighted by Crippen LogP contribution is -2.54. The summed E-state index contributed by atoms with van der Waals surface area (Å²) in [6.45, 7) is 7.12. The smallest absolute Gasteiger partial charge is 0.0927 e. The predicted octanol–water partition coefficient (Wildman–Crippen LogP) is 4.37. The van der Waals surface area contributed by atoms with Crippen molar-refractivity contribution in [2.75, 3.05) is 0 Å². The molecule has 4 unspecified atom stereocenters. The Kier molecular flexibility index (Phi) is 3.42. The predicted molar refractivity (Wildman–Crippen MR) is 92.9 cm³/mol. The van der Waals surface area contributed by atoms with Gasteiger partial charge in [-0.05, 0) is 73.2 Å². The van der Waals surface area contributed by atoms with Crippen molar-refractivity contribution in [3.63, 3.8) is 0 Å². The molecule has 4 aliphatic carbocycles. The van der Waals surface area contributed by atoms with Crippen LogP contribution in [0.4, 0.5) is 0 Å². The van der Waals surface area contributed by atoms with Crippen LogP contribution in [0, 0.1) is 22.7 Å². The van der Waals surface area contributed by atoms with E-state index in [0.717, 1.165) is 38.5 Å². The van der Waals surface area contributed by atoms with E-state index in [1.807, 2.05) is 0 Å². The fourth-order valence-corrected chi connectivity index (χ4v) is 6.29. The molecular weight excluding hydrogens is 284 g/mol. The highest BCUT2D eigenvalue weighted by Crippen LogP contribution is 2.64. The van der Waals surface area contributed by atoms with E-state index in [4.69, 9.17) is 0 Å². The van der Waals surface area contributed by atoms with Crippen LogP contribution in [0.15, 0.2) is 23.3 Å². The normalized spacial score (nSPS) is 48.5. The first kappa shape index (κ1) is 15.9. The zero-order valence-electron chi connectivity index (χ0n) is 14.9. The molecule has 4 aliphatic rings. The van der Waals surface area contributed by atoms with Gasteiger partial charge >= 0.3 is 0 Å². The molecule has 0 aliphatic heterocycles. The summed E-state index contributed by atoms with van der Waals surface area (Å²) in [6.07, 6.45) is 12.9.